The number of nitrogens with zero attached hydrogens (tertiary/aromatic N) is 1. The van der Waals surface area contributed by atoms with Crippen molar-refractivity contribution in [2.75, 3.05) is 4.90 Å². The molecule has 2 bridgehead atoms. The molecule has 0 radical (unpaired) electrons. The third-order valence-corrected chi connectivity index (χ3v) is 10.5. The van der Waals surface area contributed by atoms with E-state index in [0.29, 0.717) is 11.1 Å². The molecule has 1 N–H and O–H groups in total. The Morgan fingerprint density at radius 3 is 1.33 bits per heavy atom. The number of hydrogen-bond acceptors (Lipinski definition) is 4. The van der Waals surface area contributed by atoms with Crippen molar-refractivity contribution in [1.29, 1.82) is 0 Å². The lowest BCUT2D eigenvalue weighted by Crippen LogP contribution is -2.45. The van der Waals surface area contributed by atoms with Crippen LogP contribution in [0.2, 0.25) is 0 Å². The highest BCUT2D eigenvalue weighted by molar-refractivity contribution is 6.39. The number of aromatic carboxylic acids is 1. The number of anilines is 1. The lowest BCUT2D eigenvalue weighted by Gasteiger charge is -2.39. The molecule has 2 aliphatic carbocycles. The fraction of sp³-hybridized carbons (Fsp3) is 0.143. The molecule has 8 rings (SSSR count). The van der Waals surface area contributed by atoms with Gasteiger partial charge in [0.1, 0.15) is 0 Å². The van der Waals surface area contributed by atoms with Crippen LogP contribution in [0.15, 0.2) is 133 Å². The summed E-state index contributed by atoms with van der Waals surface area (Å²) >= 11 is 0. The quantitative estimate of drug-likeness (QED) is 0.201. The van der Waals surface area contributed by atoms with Crippen LogP contribution in [-0.2, 0) is 25.2 Å². The molecule has 1 aliphatic heterocycles. The number of carbonyl (C=O) groups excluding carboxylic acids is 3. The molecule has 48 heavy (non-hydrogen) atoms. The fourth-order valence-corrected chi connectivity index (χ4v) is 8.57. The van der Waals surface area contributed by atoms with E-state index in [1.54, 1.807) is 0 Å². The highest BCUT2D eigenvalue weighted by Gasteiger charge is 2.82. The van der Waals surface area contributed by atoms with E-state index < -0.39 is 40.4 Å². The van der Waals surface area contributed by atoms with Crippen molar-refractivity contribution in [3.63, 3.8) is 0 Å². The summed E-state index contributed by atoms with van der Waals surface area (Å²) in [5, 5.41) is 9.52. The first-order valence-electron chi connectivity index (χ1n) is 16.0. The van der Waals surface area contributed by atoms with E-state index in [0.717, 1.165) is 33.4 Å². The molecule has 1 saturated carbocycles. The third kappa shape index (κ3) is 3.74. The topological polar surface area (TPSA) is 91.8 Å². The molecule has 5 aromatic carbocycles. The van der Waals surface area contributed by atoms with E-state index in [2.05, 4.69) is 0 Å². The summed E-state index contributed by atoms with van der Waals surface area (Å²) in [6.07, 6.45) is 0. The maximum atomic E-state index is 16.0. The van der Waals surface area contributed by atoms with E-state index in [-0.39, 0.29) is 17.0 Å². The molecular formula is C42H31NO5. The summed E-state index contributed by atoms with van der Waals surface area (Å²) in [6.45, 7) is 4.01. The Morgan fingerprint density at radius 2 is 0.958 bits per heavy atom. The molecular weight excluding hydrogens is 598 g/mol. The SMILES string of the molecule is Cc1ccc(C2=C(c3ccc(C)cc3)[C@@]3(c4ccccc4)C(=O)[C@@]2(c2ccccc2)[C@@H]2C(=O)N(c4ccc(C(=O)O)cc4)C(=O)[C@H]23)cc1. The molecule has 3 aliphatic rings. The van der Waals surface area contributed by atoms with Crippen molar-refractivity contribution in [3.8, 4) is 0 Å². The standard InChI is InChI=1S/C42H31NO5/c1-25-13-17-27(18-14-25)33-34(28-19-15-26(2)16-20-28)42(31-11-7-4-8-12-31)36-35(41(33,40(42)48)30-9-5-3-6-10-30)37(44)43(38(36)45)32-23-21-29(22-24-32)39(46)47/h3-24,35-36H,1-2H3,(H,46,47)/t35-,36-,41+,42+/m0/s1. The highest BCUT2D eigenvalue weighted by Crippen LogP contribution is 2.74. The molecule has 1 heterocycles. The molecule has 0 spiro atoms. The number of carboxylic acid groups (broad SMARTS) is 1. The molecule has 5 aromatic rings. The van der Waals surface area contributed by atoms with Gasteiger partial charge in [0, 0.05) is 0 Å². The number of Topliss-reactive ketones (excluding diaryl/α,β-unsaturated/α-hetero) is 1. The smallest absolute Gasteiger partial charge is 0.335 e. The largest absolute Gasteiger partial charge is 0.478 e. The van der Waals surface area contributed by atoms with Crippen LogP contribution in [-0.4, -0.2) is 28.7 Å². The van der Waals surface area contributed by atoms with Gasteiger partial charge in [0.25, 0.3) is 0 Å². The number of imide groups is 1. The van der Waals surface area contributed by atoms with Crippen molar-refractivity contribution in [2.45, 2.75) is 24.7 Å². The van der Waals surface area contributed by atoms with Crippen LogP contribution >= 0.6 is 0 Å². The van der Waals surface area contributed by atoms with Gasteiger partial charge >= 0.3 is 5.97 Å². The fourth-order valence-electron chi connectivity index (χ4n) is 8.57. The molecule has 0 aromatic heterocycles. The molecule has 0 unspecified atom stereocenters. The number of hydrogen-bond donors (Lipinski definition) is 1. The summed E-state index contributed by atoms with van der Waals surface area (Å²) in [5.74, 6) is -4.35. The Kier molecular flexibility index (Phi) is 6.50. The van der Waals surface area contributed by atoms with Crippen molar-refractivity contribution in [3.05, 3.63) is 172 Å². The van der Waals surface area contributed by atoms with Gasteiger partial charge < -0.3 is 5.11 Å². The van der Waals surface area contributed by atoms with Gasteiger partial charge in [-0.3, -0.25) is 14.4 Å². The van der Waals surface area contributed by atoms with Gasteiger partial charge in [-0.1, -0.05) is 120 Å². The Balaban J connectivity index is 1.52. The summed E-state index contributed by atoms with van der Waals surface area (Å²) in [4.78, 5) is 58.8. The van der Waals surface area contributed by atoms with Crippen molar-refractivity contribution < 1.29 is 24.3 Å². The Labute approximate surface area is 278 Å². The number of rotatable bonds is 6. The van der Waals surface area contributed by atoms with Crippen LogP contribution in [0.1, 0.15) is 43.7 Å². The average molecular weight is 630 g/mol. The van der Waals surface area contributed by atoms with Crippen LogP contribution in [0.25, 0.3) is 11.1 Å². The van der Waals surface area contributed by atoms with Gasteiger partial charge in [-0.2, -0.15) is 0 Å². The number of carbonyl (C=O) groups is 4. The number of ketones is 1. The first-order chi connectivity index (χ1) is 23.2. The highest BCUT2D eigenvalue weighted by atomic mass is 16.4. The summed E-state index contributed by atoms with van der Waals surface area (Å²) in [6, 6.07) is 40.6. The van der Waals surface area contributed by atoms with Gasteiger partial charge in [0.2, 0.25) is 11.8 Å². The lowest BCUT2D eigenvalue weighted by atomic mass is 9.59. The van der Waals surface area contributed by atoms with E-state index in [4.69, 9.17) is 0 Å². The first-order valence-corrected chi connectivity index (χ1v) is 16.0. The van der Waals surface area contributed by atoms with E-state index in [1.165, 1.54) is 29.2 Å². The summed E-state index contributed by atoms with van der Waals surface area (Å²) in [7, 11) is 0. The number of fused-ring (bicyclic) bond motifs is 5. The summed E-state index contributed by atoms with van der Waals surface area (Å²) in [5.41, 5.74) is 3.83. The molecule has 1 saturated heterocycles. The predicted octanol–water partition coefficient (Wildman–Crippen LogP) is 7.19. The number of amides is 2. The van der Waals surface area contributed by atoms with Crippen LogP contribution in [0, 0.1) is 25.7 Å². The minimum atomic E-state index is -1.50. The minimum Gasteiger partial charge on any atom is -0.478 e. The average Bonchev–Trinajstić information content (AvgIpc) is 3.62. The monoisotopic (exact) mass is 629 g/mol. The van der Waals surface area contributed by atoms with Crippen LogP contribution in [0.4, 0.5) is 5.69 Å². The molecule has 4 atom stereocenters. The normalized spacial score (nSPS) is 24.4. The van der Waals surface area contributed by atoms with Crippen LogP contribution in [0.5, 0.6) is 0 Å². The molecule has 2 amide bonds. The van der Waals surface area contributed by atoms with E-state index in [1.807, 2.05) is 123 Å². The maximum absolute atomic E-state index is 16.0. The number of aryl methyl sites for hydroxylation is 2. The van der Waals surface area contributed by atoms with Gasteiger partial charge in [-0.25, -0.2) is 9.69 Å². The van der Waals surface area contributed by atoms with E-state index >= 15 is 14.4 Å². The number of carboxylic acids is 1. The zero-order valence-electron chi connectivity index (χ0n) is 26.4. The van der Waals surface area contributed by atoms with Gasteiger partial charge in [-0.05, 0) is 71.5 Å². The lowest BCUT2D eigenvalue weighted by molar-refractivity contribution is -0.130. The molecule has 6 heteroatoms. The van der Waals surface area contributed by atoms with Gasteiger partial charge in [-0.15, -0.1) is 0 Å². The molecule has 234 valence electrons. The Hall–Kier alpha value is -5.88. The Morgan fingerprint density at radius 1 is 0.562 bits per heavy atom. The van der Waals surface area contributed by atoms with Crippen molar-refractivity contribution in [1.82, 2.24) is 0 Å². The second-order valence-electron chi connectivity index (χ2n) is 13.0. The second kappa shape index (κ2) is 10.6. The first kappa shape index (κ1) is 29.5. The zero-order valence-corrected chi connectivity index (χ0v) is 26.4. The zero-order chi connectivity index (χ0) is 33.4. The summed E-state index contributed by atoms with van der Waals surface area (Å²) < 4.78 is 0. The van der Waals surface area contributed by atoms with Crippen molar-refractivity contribution in [2.24, 2.45) is 11.8 Å². The number of allylic oxidation sites excluding steroid dienone is 2. The second-order valence-corrected chi connectivity index (χ2v) is 13.0. The van der Waals surface area contributed by atoms with Crippen molar-refractivity contribution >= 4 is 40.4 Å². The predicted molar refractivity (Wildman–Crippen MR) is 183 cm³/mol. The molecule has 2 fully saturated rings. The number of benzene rings is 5. The van der Waals surface area contributed by atoms with Gasteiger partial charge in [0.15, 0.2) is 5.78 Å². The van der Waals surface area contributed by atoms with Gasteiger partial charge in [0.05, 0.1) is 33.9 Å². The minimum absolute atomic E-state index is 0.0415. The molecule has 6 nitrogen and oxygen atoms in total. The van der Waals surface area contributed by atoms with E-state index in [9.17, 15) is 9.90 Å². The van der Waals surface area contributed by atoms with Crippen LogP contribution < -0.4 is 4.90 Å². The third-order valence-electron chi connectivity index (χ3n) is 10.5. The van der Waals surface area contributed by atoms with Crippen LogP contribution in [0.3, 0.4) is 0 Å². The Bertz CT molecular complexity index is 2040. The maximum Gasteiger partial charge on any atom is 0.335 e.